The first-order chi connectivity index (χ1) is 15.7. The number of ether oxygens (including phenoxy) is 2. The zero-order valence-electron chi connectivity index (χ0n) is 18.0. The molecule has 32 heavy (non-hydrogen) atoms. The van der Waals surface area contributed by atoms with Crippen LogP contribution >= 0.6 is 0 Å². The molecule has 2 fully saturated rings. The number of fused-ring (bicyclic) bond motifs is 1. The molecule has 8 nitrogen and oxygen atoms in total. The van der Waals surface area contributed by atoms with Gasteiger partial charge in [-0.15, -0.1) is 0 Å². The SMILES string of the molecule is O=C(Nc1ccc(C2CCN(C(=O)C3COCCO3)CC2)cc1)N1C=C2C=CNC=C2C1. The monoisotopic (exact) mass is 436 g/mol. The number of rotatable bonds is 3. The number of urea groups is 1. The number of carbonyl (C=O) groups excluding carboxylic acids is 2. The second kappa shape index (κ2) is 9.18. The van der Waals surface area contributed by atoms with E-state index >= 15 is 0 Å². The van der Waals surface area contributed by atoms with Gasteiger partial charge in [0.1, 0.15) is 0 Å². The van der Waals surface area contributed by atoms with Gasteiger partial charge in [-0.2, -0.15) is 0 Å². The highest BCUT2D eigenvalue weighted by Gasteiger charge is 2.31. The molecule has 2 saturated heterocycles. The van der Waals surface area contributed by atoms with E-state index in [1.807, 2.05) is 41.7 Å². The first-order valence-electron chi connectivity index (χ1n) is 11.2. The Balaban J connectivity index is 1.13. The Labute approximate surface area is 187 Å². The summed E-state index contributed by atoms with van der Waals surface area (Å²) in [7, 11) is 0. The van der Waals surface area contributed by atoms with E-state index in [-0.39, 0.29) is 11.9 Å². The van der Waals surface area contributed by atoms with Crippen LogP contribution in [-0.4, -0.2) is 67.3 Å². The maximum atomic E-state index is 12.6. The van der Waals surface area contributed by atoms with Crippen molar-refractivity contribution in [2.45, 2.75) is 24.9 Å². The van der Waals surface area contributed by atoms with Crippen LogP contribution in [0.3, 0.4) is 0 Å². The van der Waals surface area contributed by atoms with Crippen molar-refractivity contribution in [2.24, 2.45) is 0 Å². The number of nitrogens with zero attached hydrogens (tertiary/aromatic N) is 2. The zero-order valence-corrected chi connectivity index (χ0v) is 18.0. The smallest absolute Gasteiger partial charge is 0.326 e. The van der Waals surface area contributed by atoms with Crippen molar-refractivity contribution in [1.82, 2.24) is 15.1 Å². The molecule has 3 amide bonds. The number of dihydropyridines is 1. The molecule has 0 radical (unpaired) electrons. The standard InChI is InChI=1S/C24H28N4O4/c29-23(22-16-31-11-12-32-22)27-9-6-18(7-10-27)17-1-3-21(4-2-17)26-24(30)28-14-19-5-8-25-13-20(19)15-28/h1-5,8,13-14,18,22,25H,6-7,9-12,15-16H2,(H,26,30). The number of benzene rings is 1. The number of piperidine rings is 1. The molecule has 1 unspecified atom stereocenters. The second-order valence-electron chi connectivity index (χ2n) is 8.47. The molecule has 0 aromatic heterocycles. The van der Waals surface area contributed by atoms with Gasteiger partial charge in [-0.05, 0) is 53.7 Å². The van der Waals surface area contributed by atoms with Gasteiger partial charge in [-0.1, -0.05) is 12.1 Å². The van der Waals surface area contributed by atoms with E-state index < -0.39 is 6.10 Å². The van der Waals surface area contributed by atoms with Crippen LogP contribution in [-0.2, 0) is 14.3 Å². The molecule has 1 aromatic rings. The number of carbonyl (C=O) groups is 2. The largest absolute Gasteiger partial charge is 0.376 e. The second-order valence-corrected chi connectivity index (χ2v) is 8.47. The molecule has 0 aliphatic carbocycles. The predicted molar refractivity (Wildman–Crippen MR) is 120 cm³/mol. The average molecular weight is 437 g/mol. The van der Waals surface area contributed by atoms with Gasteiger partial charge in [0.2, 0.25) is 0 Å². The van der Waals surface area contributed by atoms with Gasteiger partial charge in [0, 0.05) is 37.4 Å². The van der Waals surface area contributed by atoms with E-state index in [0.717, 1.165) is 42.8 Å². The summed E-state index contributed by atoms with van der Waals surface area (Å²) in [4.78, 5) is 28.8. The highest BCUT2D eigenvalue weighted by molar-refractivity contribution is 5.91. The van der Waals surface area contributed by atoms with Crippen molar-refractivity contribution in [1.29, 1.82) is 0 Å². The molecule has 4 aliphatic heterocycles. The first-order valence-corrected chi connectivity index (χ1v) is 11.2. The molecule has 4 heterocycles. The number of likely N-dealkylation sites (tertiary alicyclic amines) is 1. The Bertz CT molecular complexity index is 955. The minimum atomic E-state index is -0.457. The quantitative estimate of drug-likeness (QED) is 0.761. The van der Waals surface area contributed by atoms with Gasteiger partial charge in [0.05, 0.1) is 26.4 Å². The van der Waals surface area contributed by atoms with Crippen LogP contribution in [0.4, 0.5) is 10.5 Å². The number of hydrogen-bond donors (Lipinski definition) is 2. The molecule has 168 valence electrons. The third-order valence-corrected chi connectivity index (χ3v) is 6.42. The Kier molecular flexibility index (Phi) is 5.96. The summed E-state index contributed by atoms with van der Waals surface area (Å²) in [5.74, 6) is 0.449. The summed E-state index contributed by atoms with van der Waals surface area (Å²) in [6, 6.07) is 7.92. The third-order valence-electron chi connectivity index (χ3n) is 6.42. The van der Waals surface area contributed by atoms with Crippen molar-refractivity contribution in [2.75, 3.05) is 44.8 Å². The van der Waals surface area contributed by atoms with Gasteiger partial charge in [0.25, 0.3) is 5.91 Å². The van der Waals surface area contributed by atoms with Crippen molar-refractivity contribution < 1.29 is 19.1 Å². The topological polar surface area (TPSA) is 83.1 Å². The summed E-state index contributed by atoms with van der Waals surface area (Å²) in [5, 5.41) is 6.03. The number of hydrogen-bond acceptors (Lipinski definition) is 5. The number of allylic oxidation sites excluding steroid dienone is 1. The fourth-order valence-corrected chi connectivity index (χ4v) is 4.57. The van der Waals surface area contributed by atoms with Crippen molar-refractivity contribution in [3.05, 3.63) is 65.7 Å². The lowest BCUT2D eigenvalue weighted by Crippen LogP contribution is -2.47. The normalized spacial score (nSPS) is 23.2. The van der Waals surface area contributed by atoms with E-state index in [4.69, 9.17) is 9.47 Å². The van der Waals surface area contributed by atoms with Gasteiger partial charge >= 0.3 is 6.03 Å². The summed E-state index contributed by atoms with van der Waals surface area (Å²) in [6.07, 6.45) is 8.99. The van der Waals surface area contributed by atoms with Gasteiger partial charge < -0.3 is 25.0 Å². The van der Waals surface area contributed by atoms with Crippen LogP contribution in [0.2, 0.25) is 0 Å². The van der Waals surface area contributed by atoms with E-state index in [9.17, 15) is 9.59 Å². The minimum Gasteiger partial charge on any atom is -0.376 e. The highest BCUT2D eigenvalue weighted by Crippen LogP contribution is 2.30. The molecule has 1 atom stereocenters. The summed E-state index contributed by atoms with van der Waals surface area (Å²) >= 11 is 0. The predicted octanol–water partition coefficient (Wildman–Crippen LogP) is 2.54. The maximum Gasteiger partial charge on any atom is 0.326 e. The average Bonchev–Trinajstić information content (AvgIpc) is 3.29. The lowest BCUT2D eigenvalue weighted by molar-refractivity contribution is -0.158. The molecule has 1 aromatic carbocycles. The Morgan fingerprint density at radius 3 is 2.62 bits per heavy atom. The fraction of sp³-hybridized carbons (Fsp3) is 0.417. The van der Waals surface area contributed by atoms with Crippen LogP contribution in [0.1, 0.15) is 24.3 Å². The molecular weight excluding hydrogens is 408 g/mol. The van der Waals surface area contributed by atoms with E-state index in [1.54, 1.807) is 4.90 Å². The number of nitrogens with one attached hydrogen (secondary N) is 2. The summed E-state index contributed by atoms with van der Waals surface area (Å²) in [5.41, 5.74) is 4.17. The molecular formula is C24H28N4O4. The van der Waals surface area contributed by atoms with E-state index in [0.29, 0.717) is 32.3 Å². The third kappa shape index (κ3) is 4.42. The van der Waals surface area contributed by atoms with E-state index in [2.05, 4.69) is 22.8 Å². The zero-order chi connectivity index (χ0) is 21.9. The summed E-state index contributed by atoms with van der Waals surface area (Å²) < 4.78 is 10.9. The Morgan fingerprint density at radius 1 is 1.09 bits per heavy atom. The van der Waals surface area contributed by atoms with Gasteiger partial charge in [-0.25, -0.2) is 4.79 Å². The van der Waals surface area contributed by atoms with Crippen LogP contribution in [0.15, 0.2) is 60.1 Å². The molecule has 4 aliphatic rings. The van der Waals surface area contributed by atoms with Crippen LogP contribution in [0.5, 0.6) is 0 Å². The van der Waals surface area contributed by atoms with Crippen molar-refractivity contribution >= 4 is 17.6 Å². The lowest BCUT2D eigenvalue weighted by atomic mass is 9.89. The Hall–Kier alpha value is -3.10. The molecule has 0 saturated carbocycles. The molecule has 0 spiro atoms. The van der Waals surface area contributed by atoms with Gasteiger partial charge in [-0.3, -0.25) is 9.69 Å². The lowest BCUT2D eigenvalue weighted by Gasteiger charge is -2.35. The molecule has 0 bridgehead atoms. The fourth-order valence-electron chi connectivity index (χ4n) is 4.57. The maximum absolute atomic E-state index is 12.6. The number of amides is 3. The highest BCUT2D eigenvalue weighted by atomic mass is 16.6. The molecule has 8 heteroatoms. The van der Waals surface area contributed by atoms with Crippen LogP contribution in [0.25, 0.3) is 0 Å². The van der Waals surface area contributed by atoms with E-state index in [1.165, 1.54) is 5.56 Å². The Morgan fingerprint density at radius 2 is 1.91 bits per heavy atom. The van der Waals surface area contributed by atoms with Crippen LogP contribution in [0, 0.1) is 0 Å². The van der Waals surface area contributed by atoms with Gasteiger partial charge in [0.15, 0.2) is 6.10 Å². The van der Waals surface area contributed by atoms with Crippen molar-refractivity contribution in [3.63, 3.8) is 0 Å². The summed E-state index contributed by atoms with van der Waals surface area (Å²) in [6.45, 7) is 3.41. The van der Waals surface area contributed by atoms with Crippen molar-refractivity contribution in [3.8, 4) is 0 Å². The molecule has 2 N–H and O–H groups in total. The van der Waals surface area contributed by atoms with Crippen LogP contribution < -0.4 is 10.6 Å². The molecule has 5 rings (SSSR count). The minimum absolute atomic E-state index is 0.0416. The first kappa shape index (κ1) is 20.8. The number of anilines is 1.